The van der Waals surface area contributed by atoms with E-state index in [1.54, 1.807) is 30.3 Å². The number of anilines is 1. The van der Waals surface area contributed by atoms with Gasteiger partial charge in [0.2, 0.25) is 5.76 Å². The number of hydrogen-bond acceptors (Lipinski definition) is 5. The van der Waals surface area contributed by atoms with E-state index < -0.39 is 29.6 Å². The lowest BCUT2D eigenvalue weighted by atomic mass is 10.1. The normalized spacial score (nSPS) is 11.6. The van der Waals surface area contributed by atoms with E-state index in [0.29, 0.717) is 23.0 Å². The van der Waals surface area contributed by atoms with Crippen LogP contribution in [0.5, 0.6) is 0 Å². The average molecular weight is 413 g/mol. The van der Waals surface area contributed by atoms with Crippen LogP contribution in [0.25, 0.3) is 11.3 Å². The zero-order valence-electron chi connectivity index (χ0n) is 16.1. The lowest BCUT2D eigenvalue weighted by Crippen LogP contribution is -2.30. The number of ether oxygens (including phenoxy) is 1. The molecule has 0 fully saturated rings. The van der Waals surface area contributed by atoms with Crippen LogP contribution in [-0.4, -0.2) is 23.8 Å². The minimum absolute atomic E-state index is 0.0713. The molecular formula is C22H17F2NO5. The fraction of sp³-hybridized carbons (Fsp3) is 0.136. The van der Waals surface area contributed by atoms with Crippen LogP contribution >= 0.6 is 0 Å². The van der Waals surface area contributed by atoms with Crippen molar-refractivity contribution in [3.63, 3.8) is 0 Å². The molecular weight excluding hydrogens is 396 g/mol. The number of hydrogen-bond donors (Lipinski definition) is 1. The van der Waals surface area contributed by atoms with Gasteiger partial charge in [-0.3, -0.25) is 9.59 Å². The Bertz CT molecular complexity index is 1100. The molecule has 0 saturated carbocycles. The summed E-state index contributed by atoms with van der Waals surface area (Å²) in [6.07, 6.45) is -1.26. The summed E-state index contributed by atoms with van der Waals surface area (Å²) < 4.78 is 37.1. The SMILES string of the molecule is CC(=O)c1ccc(-c2ccc(C(=O)O[C@H](C)C(=O)Nc3ccc(F)cc3F)o2)cc1. The zero-order chi connectivity index (χ0) is 21.8. The van der Waals surface area contributed by atoms with Gasteiger partial charge in [-0.25, -0.2) is 13.6 Å². The summed E-state index contributed by atoms with van der Waals surface area (Å²) in [5.74, 6) is -3.24. The topological polar surface area (TPSA) is 85.6 Å². The van der Waals surface area contributed by atoms with Crippen molar-refractivity contribution >= 4 is 23.3 Å². The Labute approximate surface area is 170 Å². The summed E-state index contributed by atoms with van der Waals surface area (Å²) in [5.41, 5.74) is 0.956. The molecule has 3 aromatic rings. The second kappa shape index (κ2) is 8.69. The molecule has 6 nitrogen and oxygen atoms in total. The first-order valence-electron chi connectivity index (χ1n) is 8.92. The molecule has 1 heterocycles. The molecule has 0 spiro atoms. The van der Waals surface area contributed by atoms with Gasteiger partial charge < -0.3 is 14.5 Å². The van der Waals surface area contributed by atoms with Crippen LogP contribution in [0.15, 0.2) is 59.0 Å². The number of nitrogens with one attached hydrogen (secondary N) is 1. The average Bonchev–Trinajstić information content (AvgIpc) is 3.20. The Kier molecular flexibility index (Phi) is 6.06. The molecule has 1 aromatic heterocycles. The molecule has 3 rings (SSSR count). The van der Waals surface area contributed by atoms with E-state index in [4.69, 9.17) is 9.15 Å². The number of carbonyl (C=O) groups excluding carboxylic acids is 3. The van der Waals surface area contributed by atoms with Gasteiger partial charge >= 0.3 is 5.97 Å². The van der Waals surface area contributed by atoms with E-state index in [9.17, 15) is 23.2 Å². The number of ketones is 1. The van der Waals surface area contributed by atoms with Crippen LogP contribution in [0.1, 0.15) is 34.8 Å². The number of furan rings is 1. The predicted molar refractivity (Wildman–Crippen MR) is 104 cm³/mol. The largest absolute Gasteiger partial charge is 0.449 e. The van der Waals surface area contributed by atoms with Crippen molar-refractivity contribution in [1.29, 1.82) is 0 Å². The van der Waals surface area contributed by atoms with E-state index in [1.807, 2.05) is 0 Å². The second-order valence-electron chi connectivity index (χ2n) is 6.46. The van der Waals surface area contributed by atoms with Gasteiger partial charge in [-0.05, 0) is 38.1 Å². The highest BCUT2D eigenvalue weighted by atomic mass is 19.1. The Balaban J connectivity index is 1.64. The van der Waals surface area contributed by atoms with Crippen molar-refractivity contribution in [3.8, 4) is 11.3 Å². The van der Waals surface area contributed by atoms with Gasteiger partial charge in [0.1, 0.15) is 17.4 Å². The van der Waals surface area contributed by atoms with E-state index >= 15 is 0 Å². The van der Waals surface area contributed by atoms with Gasteiger partial charge in [0.05, 0.1) is 5.69 Å². The molecule has 0 aliphatic heterocycles. The smallest absolute Gasteiger partial charge is 0.375 e. The van der Waals surface area contributed by atoms with Crippen molar-refractivity contribution in [2.45, 2.75) is 20.0 Å². The van der Waals surface area contributed by atoms with Crippen LogP contribution in [0.4, 0.5) is 14.5 Å². The predicted octanol–water partition coefficient (Wildman–Crippen LogP) is 4.61. The number of benzene rings is 2. The third kappa shape index (κ3) is 4.78. The highest BCUT2D eigenvalue weighted by Crippen LogP contribution is 2.23. The molecule has 0 unspecified atom stereocenters. The van der Waals surface area contributed by atoms with Crippen LogP contribution in [-0.2, 0) is 9.53 Å². The Morgan fingerprint density at radius 1 is 1.00 bits per heavy atom. The quantitative estimate of drug-likeness (QED) is 0.471. The van der Waals surface area contributed by atoms with Crippen LogP contribution in [0.3, 0.4) is 0 Å². The van der Waals surface area contributed by atoms with Gasteiger partial charge in [-0.1, -0.05) is 24.3 Å². The maximum atomic E-state index is 13.6. The first kappa shape index (κ1) is 20.9. The van der Waals surface area contributed by atoms with Gasteiger partial charge in [-0.15, -0.1) is 0 Å². The molecule has 8 heteroatoms. The van der Waals surface area contributed by atoms with Crippen LogP contribution < -0.4 is 5.32 Å². The molecule has 154 valence electrons. The number of amides is 1. The Morgan fingerprint density at radius 2 is 1.70 bits per heavy atom. The maximum Gasteiger partial charge on any atom is 0.375 e. The van der Waals surface area contributed by atoms with Crippen molar-refractivity contribution in [2.75, 3.05) is 5.32 Å². The lowest BCUT2D eigenvalue weighted by molar-refractivity contribution is -0.123. The van der Waals surface area contributed by atoms with Gasteiger partial charge in [0, 0.05) is 17.2 Å². The van der Waals surface area contributed by atoms with E-state index in [1.165, 1.54) is 19.9 Å². The third-order valence-corrected chi connectivity index (χ3v) is 4.23. The minimum atomic E-state index is -1.26. The third-order valence-electron chi connectivity index (χ3n) is 4.23. The van der Waals surface area contributed by atoms with Gasteiger partial charge in [-0.2, -0.15) is 0 Å². The van der Waals surface area contributed by atoms with Crippen molar-refractivity contribution in [1.82, 2.24) is 0 Å². The van der Waals surface area contributed by atoms with Gasteiger partial charge in [0.25, 0.3) is 5.91 Å². The molecule has 0 saturated heterocycles. The summed E-state index contributed by atoms with van der Waals surface area (Å²) in [5, 5.41) is 2.22. The highest BCUT2D eigenvalue weighted by Gasteiger charge is 2.22. The number of halogens is 2. The van der Waals surface area contributed by atoms with Crippen molar-refractivity contribution in [2.24, 2.45) is 0 Å². The van der Waals surface area contributed by atoms with E-state index in [2.05, 4.69) is 5.32 Å². The number of rotatable bonds is 6. The monoisotopic (exact) mass is 413 g/mol. The molecule has 0 bridgehead atoms. The minimum Gasteiger partial charge on any atom is -0.449 e. The van der Waals surface area contributed by atoms with Gasteiger partial charge in [0.15, 0.2) is 11.9 Å². The molecule has 2 aromatic carbocycles. The molecule has 1 amide bonds. The summed E-state index contributed by atoms with van der Waals surface area (Å²) >= 11 is 0. The standard InChI is InChI=1S/C22H17F2NO5/c1-12(26)14-3-5-15(6-4-14)19-9-10-20(30-19)22(28)29-13(2)21(27)25-18-8-7-16(23)11-17(18)24/h3-11,13H,1-2H3,(H,25,27)/t13-/m1/s1. The van der Waals surface area contributed by atoms with Crippen molar-refractivity contribution < 1.29 is 32.3 Å². The van der Waals surface area contributed by atoms with E-state index in [-0.39, 0.29) is 17.2 Å². The molecule has 1 N–H and O–H groups in total. The lowest BCUT2D eigenvalue weighted by Gasteiger charge is -2.13. The number of carbonyl (C=O) groups is 3. The molecule has 0 aliphatic rings. The second-order valence-corrected chi connectivity index (χ2v) is 6.46. The number of Topliss-reactive ketones (excluding diaryl/α,β-unsaturated/α-hetero) is 1. The first-order valence-corrected chi connectivity index (χ1v) is 8.92. The molecule has 0 aliphatic carbocycles. The Hall–Kier alpha value is -3.81. The van der Waals surface area contributed by atoms with Crippen LogP contribution in [0.2, 0.25) is 0 Å². The maximum absolute atomic E-state index is 13.6. The molecule has 30 heavy (non-hydrogen) atoms. The summed E-state index contributed by atoms with van der Waals surface area (Å²) in [4.78, 5) is 35.7. The fourth-order valence-electron chi connectivity index (χ4n) is 2.57. The number of esters is 1. The fourth-order valence-corrected chi connectivity index (χ4v) is 2.57. The zero-order valence-corrected chi connectivity index (χ0v) is 16.1. The van der Waals surface area contributed by atoms with Crippen LogP contribution in [0, 0.1) is 11.6 Å². The molecule has 1 atom stereocenters. The molecule has 0 radical (unpaired) electrons. The first-order chi connectivity index (χ1) is 14.2. The Morgan fingerprint density at radius 3 is 2.33 bits per heavy atom. The summed E-state index contributed by atoms with van der Waals surface area (Å²) in [6.45, 7) is 2.76. The summed E-state index contributed by atoms with van der Waals surface area (Å²) in [7, 11) is 0. The highest BCUT2D eigenvalue weighted by molar-refractivity contribution is 5.97. The van der Waals surface area contributed by atoms with Crippen molar-refractivity contribution in [3.05, 3.63) is 77.6 Å². The van der Waals surface area contributed by atoms with E-state index in [0.717, 1.165) is 12.1 Å². The summed E-state index contributed by atoms with van der Waals surface area (Å²) in [6, 6.07) is 12.3.